The zero-order valence-corrected chi connectivity index (χ0v) is 10.4. The van der Waals surface area contributed by atoms with Crippen molar-refractivity contribution in [3.05, 3.63) is 60.7 Å². The third-order valence-corrected chi connectivity index (χ3v) is 2.85. The first-order chi connectivity index (χ1) is 7.86. The first-order valence-corrected chi connectivity index (χ1v) is 6.46. The second-order valence-electron chi connectivity index (χ2n) is 2.86. The molecule has 0 radical (unpaired) electrons. The van der Waals surface area contributed by atoms with Gasteiger partial charge in [0.2, 0.25) is 0 Å². The molecule has 2 aromatic carbocycles. The van der Waals surface area contributed by atoms with Crippen LogP contribution in [0.25, 0.3) is 0 Å². The molecule has 0 aliphatic heterocycles. The van der Waals surface area contributed by atoms with Gasteiger partial charge in [0.05, 0.1) is 0 Å². The molecule has 0 heterocycles. The van der Waals surface area contributed by atoms with Crippen molar-refractivity contribution in [3.63, 3.8) is 0 Å². The normalized spacial score (nSPS) is 8.59. The van der Waals surface area contributed by atoms with E-state index >= 15 is 0 Å². The maximum absolute atomic E-state index is 5.27. The minimum absolute atomic E-state index is 0. The molecular weight excluding hydrogens is 243 g/mol. The predicted molar refractivity (Wildman–Crippen MR) is 80.1 cm³/mol. The summed E-state index contributed by atoms with van der Waals surface area (Å²) in [7, 11) is 0. The van der Waals surface area contributed by atoms with Crippen molar-refractivity contribution in [1.82, 2.24) is 0 Å². The van der Waals surface area contributed by atoms with Crippen LogP contribution < -0.4 is 10.3 Å². The molecule has 17 heavy (non-hydrogen) atoms. The van der Waals surface area contributed by atoms with Crippen LogP contribution in [0, 0.1) is 0 Å². The van der Waals surface area contributed by atoms with Crippen LogP contribution in [0.4, 0.5) is 0 Å². The number of nitrogens with two attached hydrogens (primary N) is 2. The summed E-state index contributed by atoms with van der Waals surface area (Å²) in [6, 6.07) is 19.7. The molecule has 0 unspecified atom stereocenters. The molecule has 0 saturated carbocycles. The summed E-state index contributed by atoms with van der Waals surface area (Å²) in [4.78, 5) is 2.21. The average Bonchev–Trinajstić information content (AvgIpc) is 2.41. The second kappa shape index (κ2) is 10.8. The maximum atomic E-state index is 5.27. The quantitative estimate of drug-likeness (QED) is 0.642. The monoisotopic (exact) mass is 258 g/mol. The SMILES string of the molecule is NSc1ccccc1.NSc1ccccc1.[LiH]. The van der Waals surface area contributed by atoms with E-state index in [-0.39, 0.29) is 18.9 Å². The first-order valence-electron chi connectivity index (χ1n) is 4.70. The molecule has 0 atom stereocenters. The van der Waals surface area contributed by atoms with Gasteiger partial charge in [0, 0.05) is 9.79 Å². The van der Waals surface area contributed by atoms with Crippen molar-refractivity contribution in [2.45, 2.75) is 9.79 Å². The van der Waals surface area contributed by atoms with Gasteiger partial charge in [-0.25, -0.2) is 0 Å². The van der Waals surface area contributed by atoms with Crippen molar-refractivity contribution in [2.75, 3.05) is 0 Å². The molecule has 0 saturated heterocycles. The Labute approximate surface area is 123 Å². The van der Waals surface area contributed by atoms with Gasteiger partial charge in [-0.2, -0.15) is 0 Å². The Kier molecular flexibility index (Phi) is 10.6. The van der Waals surface area contributed by atoms with Gasteiger partial charge < -0.3 is 0 Å². The molecule has 0 amide bonds. The van der Waals surface area contributed by atoms with Crippen molar-refractivity contribution in [3.8, 4) is 0 Å². The van der Waals surface area contributed by atoms with Gasteiger partial charge in [0.1, 0.15) is 0 Å². The molecule has 5 heteroatoms. The van der Waals surface area contributed by atoms with Crippen LogP contribution in [0.1, 0.15) is 0 Å². The topological polar surface area (TPSA) is 52.0 Å². The van der Waals surface area contributed by atoms with Crippen LogP contribution in [0.5, 0.6) is 0 Å². The number of hydrogen-bond donors (Lipinski definition) is 2. The van der Waals surface area contributed by atoms with Crippen LogP contribution in [-0.2, 0) is 0 Å². The fourth-order valence-corrected chi connectivity index (χ4v) is 1.63. The molecule has 0 fully saturated rings. The van der Waals surface area contributed by atoms with Gasteiger partial charge in [-0.05, 0) is 48.2 Å². The van der Waals surface area contributed by atoms with Crippen LogP contribution >= 0.6 is 23.9 Å². The molecule has 0 aliphatic carbocycles. The molecule has 2 aromatic rings. The number of hydrogen-bond acceptors (Lipinski definition) is 4. The Morgan fingerprint density at radius 1 is 0.588 bits per heavy atom. The number of rotatable bonds is 2. The van der Waals surface area contributed by atoms with Crippen LogP contribution in [-0.4, -0.2) is 18.9 Å². The van der Waals surface area contributed by atoms with E-state index in [1.807, 2.05) is 60.7 Å². The first kappa shape index (κ1) is 16.7. The van der Waals surface area contributed by atoms with Gasteiger partial charge in [-0.15, -0.1) is 0 Å². The molecule has 2 rings (SSSR count). The fourth-order valence-electron chi connectivity index (χ4n) is 0.998. The fraction of sp³-hybridized carbons (Fsp3) is 0. The molecule has 2 nitrogen and oxygen atoms in total. The predicted octanol–water partition coefficient (Wildman–Crippen LogP) is 2.66. The minimum atomic E-state index is 0. The molecule has 0 aromatic heterocycles. The van der Waals surface area contributed by atoms with E-state index in [1.165, 1.54) is 23.9 Å². The summed E-state index contributed by atoms with van der Waals surface area (Å²) in [6.45, 7) is 0. The van der Waals surface area contributed by atoms with Gasteiger partial charge in [0.25, 0.3) is 0 Å². The van der Waals surface area contributed by atoms with E-state index in [0.29, 0.717) is 0 Å². The Balaban J connectivity index is 0.000000284. The van der Waals surface area contributed by atoms with Gasteiger partial charge in [-0.1, -0.05) is 36.4 Å². The van der Waals surface area contributed by atoms with Crippen molar-refractivity contribution in [2.24, 2.45) is 10.3 Å². The van der Waals surface area contributed by atoms with Gasteiger partial charge >= 0.3 is 18.9 Å². The molecule has 0 aliphatic rings. The number of benzene rings is 2. The summed E-state index contributed by atoms with van der Waals surface area (Å²) in [5.41, 5.74) is 0. The van der Waals surface area contributed by atoms with Crippen molar-refractivity contribution < 1.29 is 0 Å². The summed E-state index contributed by atoms with van der Waals surface area (Å²) in [5, 5.41) is 10.5. The molecule has 86 valence electrons. The van der Waals surface area contributed by atoms with E-state index in [1.54, 1.807) is 0 Å². The van der Waals surface area contributed by atoms with E-state index in [9.17, 15) is 0 Å². The molecule has 4 N–H and O–H groups in total. The van der Waals surface area contributed by atoms with Crippen LogP contribution in [0.15, 0.2) is 70.5 Å². The average molecular weight is 258 g/mol. The summed E-state index contributed by atoms with van der Waals surface area (Å²) in [6.07, 6.45) is 0. The van der Waals surface area contributed by atoms with Crippen LogP contribution in [0.3, 0.4) is 0 Å². The van der Waals surface area contributed by atoms with Crippen LogP contribution in [0.2, 0.25) is 0 Å². The zero-order chi connectivity index (χ0) is 11.6. The van der Waals surface area contributed by atoms with E-state index < -0.39 is 0 Å². The Bertz CT molecular complexity index is 345. The summed E-state index contributed by atoms with van der Waals surface area (Å²) in [5.74, 6) is 0. The second-order valence-corrected chi connectivity index (χ2v) is 4.28. The Morgan fingerprint density at radius 2 is 0.882 bits per heavy atom. The van der Waals surface area contributed by atoms with Crippen molar-refractivity contribution in [1.29, 1.82) is 0 Å². The van der Waals surface area contributed by atoms with E-state index in [4.69, 9.17) is 10.3 Å². The third-order valence-electron chi connectivity index (χ3n) is 1.76. The summed E-state index contributed by atoms with van der Waals surface area (Å²) < 4.78 is 0. The summed E-state index contributed by atoms with van der Waals surface area (Å²) >= 11 is 2.54. The van der Waals surface area contributed by atoms with E-state index in [2.05, 4.69) is 0 Å². The van der Waals surface area contributed by atoms with E-state index in [0.717, 1.165) is 9.79 Å². The molecule has 0 spiro atoms. The standard InChI is InChI=1S/2C6H7NS.Li.H/c2*7-8-6-4-2-1-3-5-6;;/h2*1-5H,7H2;;. The zero-order valence-electron chi connectivity index (χ0n) is 8.74. The molecule has 0 bridgehead atoms. The molecular formula is C12H15LiN2S2. The Morgan fingerprint density at radius 3 is 1.06 bits per heavy atom. The van der Waals surface area contributed by atoms with Gasteiger partial charge in [-0.3, -0.25) is 10.3 Å². The van der Waals surface area contributed by atoms with Gasteiger partial charge in [0.15, 0.2) is 0 Å². The Hall–Kier alpha value is -0.343. The van der Waals surface area contributed by atoms with Crippen molar-refractivity contribution >= 4 is 42.8 Å². The third kappa shape index (κ3) is 7.56.